The molecule has 1 N–H and O–H groups in total. The second-order valence-corrected chi connectivity index (χ2v) is 6.89. The van der Waals surface area contributed by atoms with Gasteiger partial charge >= 0.3 is 0 Å². The number of aryl methyl sites for hydroxylation is 1. The van der Waals surface area contributed by atoms with Crippen molar-refractivity contribution >= 4 is 23.4 Å². The Morgan fingerprint density at radius 2 is 1.77 bits per heavy atom. The molecule has 0 fully saturated rings. The molecular weight excluding hydrogens is 346 g/mol. The van der Waals surface area contributed by atoms with Crippen LogP contribution in [0.1, 0.15) is 6.42 Å². The van der Waals surface area contributed by atoms with Crippen LogP contribution in [-0.2, 0) is 11.8 Å². The van der Waals surface area contributed by atoms with Crippen molar-refractivity contribution in [2.75, 3.05) is 11.1 Å². The summed E-state index contributed by atoms with van der Waals surface area (Å²) in [4.78, 5) is 24.6. The lowest BCUT2D eigenvalue weighted by atomic mass is 10.1. The van der Waals surface area contributed by atoms with Crippen molar-refractivity contribution in [1.29, 1.82) is 0 Å². The number of carbonyl (C=O) groups excluding carboxylic acids is 1. The molecule has 0 saturated heterocycles. The minimum atomic E-state index is -0.147. The highest BCUT2D eigenvalue weighted by atomic mass is 32.2. The molecule has 5 nitrogen and oxygen atoms in total. The highest BCUT2D eigenvalue weighted by Crippen LogP contribution is 2.20. The molecule has 0 aliphatic rings. The Morgan fingerprint density at radius 3 is 2.46 bits per heavy atom. The van der Waals surface area contributed by atoms with Crippen molar-refractivity contribution in [3.8, 4) is 11.3 Å². The molecule has 3 aromatic rings. The summed E-state index contributed by atoms with van der Waals surface area (Å²) < 4.78 is 1.30. The number of anilines is 1. The van der Waals surface area contributed by atoms with Gasteiger partial charge in [-0.3, -0.25) is 9.59 Å². The quantitative estimate of drug-likeness (QED) is 0.678. The number of rotatable bonds is 6. The van der Waals surface area contributed by atoms with Crippen LogP contribution < -0.4 is 10.9 Å². The Morgan fingerprint density at radius 1 is 1.04 bits per heavy atom. The third-order valence-electron chi connectivity index (χ3n) is 3.77. The number of hydrogen-bond acceptors (Lipinski definition) is 4. The van der Waals surface area contributed by atoms with Crippen LogP contribution in [0.2, 0.25) is 0 Å². The first kappa shape index (κ1) is 17.9. The van der Waals surface area contributed by atoms with E-state index in [1.165, 1.54) is 10.7 Å². The predicted octanol–water partition coefficient (Wildman–Crippen LogP) is 3.57. The molecule has 0 spiro atoms. The summed E-state index contributed by atoms with van der Waals surface area (Å²) in [6, 6.07) is 20.6. The maximum Gasteiger partial charge on any atom is 0.266 e. The minimum Gasteiger partial charge on any atom is -0.326 e. The highest BCUT2D eigenvalue weighted by Gasteiger charge is 2.05. The fourth-order valence-electron chi connectivity index (χ4n) is 2.38. The molecule has 0 radical (unpaired) electrons. The molecule has 0 aliphatic carbocycles. The van der Waals surface area contributed by atoms with Gasteiger partial charge in [0.2, 0.25) is 5.91 Å². The summed E-state index contributed by atoms with van der Waals surface area (Å²) in [6.07, 6.45) is 0.448. The van der Waals surface area contributed by atoms with Gasteiger partial charge in [0.25, 0.3) is 5.56 Å². The van der Waals surface area contributed by atoms with Crippen molar-refractivity contribution in [2.24, 2.45) is 7.05 Å². The van der Waals surface area contributed by atoms with E-state index in [1.54, 1.807) is 24.9 Å². The molecule has 0 aliphatic heterocycles. The Balaban J connectivity index is 1.54. The van der Waals surface area contributed by atoms with Crippen LogP contribution >= 0.6 is 11.8 Å². The van der Waals surface area contributed by atoms with E-state index in [0.717, 1.165) is 21.9 Å². The number of nitrogens with one attached hydrogen (secondary N) is 1. The van der Waals surface area contributed by atoms with Crippen LogP contribution in [0.4, 0.5) is 5.69 Å². The van der Waals surface area contributed by atoms with Crippen molar-refractivity contribution in [3.63, 3.8) is 0 Å². The van der Waals surface area contributed by atoms with Gasteiger partial charge in [-0.15, -0.1) is 11.8 Å². The second kappa shape index (κ2) is 8.49. The van der Waals surface area contributed by atoms with Crippen LogP contribution in [-0.4, -0.2) is 21.4 Å². The van der Waals surface area contributed by atoms with Gasteiger partial charge < -0.3 is 5.32 Å². The zero-order valence-electron chi connectivity index (χ0n) is 14.4. The number of aromatic nitrogens is 2. The lowest BCUT2D eigenvalue weighted by Gasteiger charge is -2.07. The number of amides is 1. The molecule has 3 rings (SSSR count). The summed E-state index contributed by atoms with van der Waals surface area (Å²) in [5.41, 5.74) is 2.20. The zero-order chi connectivity index (χ0) is 18.4. The van der Waals surface area contributed by atoms with Gasteiger partial charge in [-0.2, -0.15) is 5.10 Å². The van der Waals surface area contributed by atoms with Gasteiger partial charge in [0.1, 0.15) is 0 Å². The topological polar surface area (TPSA) is 64.0 Å². The molecule has 1 heterocycles. The molecule has 1 amide bonds. The predicted molar refractivity (Wildman–Crippen MR) is 105 cm³/mol. The normalized spacial score (nSPS) is 10.5. The summed E-state index contributed by atoms with van der Waals surface area (Å²) in [5, 5.41) is 7.12. The van der Waals surface area contributed by atoms with Crippen LogP contribution in [0.5, 0.6) is 0 Å². The molecular formula is C20H19N3O2S. The molecule has 0 bridgehead atoms. The largest absolute Gasteiger partial charge is 0.326 e. The third kappa shape index (κ3) is 4.83. The fraction of sp³-hybridized carbons (Fsp3) is 0.150. The number of thioether (sulfide) groups is 1. The van der Waals surface area contributed by atoms with Crippen LogP contribution in [0, 0.1) is 0 Å². The first-order chi connectivity index (χ1) is 12.6. The van der Waals surface area contributed by atoms with Crippen molar-refractivity contribution in [3.05, 3.63) is 77.1 Å². The monoisotopic (exact) mass is 365 g/mol. The van der Waals surface area contributed by atoms with E-state index >= 15 is 0 Å². The highest BCUT2D eigenvalue weighted by molar-refractivity contribution is 7.99. The van der Waals surface area contributed by atoms with Crippen LogP contribution in [0.3, 0.4) is 0 Å². The maximum absolute atomic E-state index is 12.1. The van der Waals surface area contributed by atoms with E-state index in [1.807, 2.05) is 54.6 Å². The molecule has 1 aromatic heterocycles. The van der Waals surface area contributed by atoms with E-state index in [9.17, 15) is 9.59 Å². The van der Waals surface area contributed by atoms with E-state index in [4.69, 9.17) is 0 Å². The van der Waals surface area contributed by atoms with Gasteiger partial charge in [-0.25, -0.2) is 4.68 Å². The number of hydrogen-bond donors (Lipinski definition) is 1. The first-order valence-electron chi connectivity index (χ1n) is 8.24. The van der Waals surface area contributed by atoms with Gasteiger partial charge in [0.05, 0.1) is 5.69 Å². The number of nitrogens with zero attached hydrogens (tertiary/aromatic N) is 2. The second-order valence-electron chi connectivity index (χ2n) is 5.72. The van der Waals surface area contributed by atoms with E-state index in [0.29, 0.717) is 12.1 Å². The lowest BCUT2D eigenvalue weighted by molar-refractivity contribution is -0.115. The molecule has 26 heavy (non-hydrogen) atoms. The van der Waals surface area contributed by atoms with Crippen molar-refractivity contribution in [2.45, 2.75) is 11.3 Å². The minimum absolute atomic E-state index is 0.0126. The Bertz CT molecular complexity index is 937. The molecule has 132 valence electrons. The number of benzene rings is 2. The van der Waals surface area contributed by atoms with E-state index < -0.39 is 0 Å². The summed E-state index contributed by atoms with van der Waals surface area (Å²) in [7, 11) is 1.62. The van der Waals surface area contributed by atoms with Gasteiger partial charge in [-0.1, -0.05) is 30.3 Å². The van der Waals surface area contributed by atoms with Crippen LogP contribution in [0.15, 0.2) is 76.4 Å². The van der Waals surface area contributed by atoms with Crippen LogP contribution in [0.25, 0.3) is 11.3 Å². The molecule has 6 heteroatoms. The zero-order valence-corrected chi connectivity index (χ0v) is 15.2. The summed E-state index contributed by atoms with van der Waals surface area (Å²) in [5.74, 6) is 0.719. The molecule has 2 aromatic carbocycles. The first-order valence-corrected chi connectivity index (χ1v) is 9.23. The number of carbonyl (C=O) groups is 1. The van der Waals surface area contributed by atoms with E-state index in [-0.39, 0.29) is 11.5 Å². The maximum atomic E-state index is 12.1. The fourth-order valence-corrected chi connectivity index (χ4v) is 3.26. The third-order valence-corrected chi connectivity index (χ3v) is 4.78. The van der Waals surface area contributed by atoms with Crippen molar-refractivity contribution in [1.82, 2.24) is 9.78 Å². The SMILES string of the molecule is Cn1nc(-c2ccc(NC(=O)CCSc3ccccc3)cc2)ccc1=O. The van der Waals surface area contributed by atoms with Gasteiger partial charge in [0, 0.05) is 41.4 Å². The summed E-state index contributed by atoms with van der Waals surface area (Å²) in [6.45, 7) is 0. The average Bonchev–Trinajstić information content (AvgIpc) is 2.65. The molecule has 0 atom stereocenters. The standard InChI is InChI=1S/C20H19N3O2S/c1-23-20(25)12-11-18(22-23)15-7-9-16(10-8-15)21-19(24)13-14-26-17-5-3-2-4-6-17/h2-12H,13-14H2,1H3,(H,21,24). The van der Waals surface area contributed by atoms with Gasteiger partial charge in [-0.05, 0) is 30.3 Å². The molecule has 0 unspecified atom stereocenters. The summed E-state index contributed by atoms with van der Waals surface area (Å²) >= 11 is 1.66. The smallest absolute Gasteiger partial charge is 0.266 e. The Labute approximate surface area is 156 Å². The average molecular weight is 365 g/mol. The van der Waals surface area contributed by atoms with E-state index in [2.05, 4.69) is 10.4 Å². The lowest BCUT2D eigenvalue weighted by Crippen LogP contribution is -2.18. The van der Waals surface area contributed by atoms with Crippen molar-refractivity contribution < 1.29 is 4.79 Å². The van der Waals surface area contributed by atoms with Gasteiger partial charge in [0.15, 0.2) is 0 Å². The Hall–Kier alpha value is -2.86. The Kier molecular flexibility index (Phi) is 5.86. The molecule has 0 saturated carbocycles.